The number of alkyl halides is 3. The Morgan fingerprint density at radius 2 is 1.92 bits per heavy atom. The molecule has 4 nitrogen and oxygen atoms in total. The number of nitrogens with one attached hydrogen (secondary N) is 1. The molecule has 24 heavy (non-hydrogen) atoms. The van der Waals surface area contributed by atoms with Crippen LogP contribution in [0.4, 0.5) is 13.2 Å². The summed E-state index contributed by atoms with van der Waals surface area (Å²) >= 11 is 0. The summed E-state index contributed by atoms with van der Waals surface area (Å²) in [6.07, 6.45) is -1.65. The minimum Gasteiger partial charge on any atom is -0.406 e. The molecule has 0 radical (unpaired) electrons. The standard InChI is InChI=1S/C17H21F3N2O2/c1-22(15(23)14-10-16(14)6-8-21-9-7-16)11-12-2-4-13(5-3-12)24-17(18,19)20/h2-5,14,21H,6-11H2,1H3. The van der Waals surface area contributed by atoms with Gasteiger partial charge < -0.3 is 15.0 Å². The highest BCUT2D eigenvalue weighted by Crippen LogP contribution is 2.59. The monoisotopic (exact) mass is 342 g/mol. The summed E-state index contributed by atoms with van der Waals surface area (Å²) in [7, 11) is 1.75. The first-order valence-corrected chi connectivity index (χ1v) is 8.09. The Morgan fingerprint density at radius 3 is 2.50 bits per heavy atom. The molecule has 1 spiro atoms. The van der Waals surface area contributed by atoms with E-state index >= 15 is 0 Å². The van der Waals surface area contributed by atoms with E-state index in [4.69, 9.17) is 0 Å². The van der Waals surface area contributed by atoms with Crippen LogP contribution in [0.15, 0.2) is 24.3 Å². The van der Waals surface area contributed by atoms with Gasteiger partial charge in [-0.15, -0.1) is 13.2 Å². The third-order valence-electron chi connectivity index (χ3n) is 5.04. The van der Waals surface area contributed by atoms with Crippen LogP contribution >= 0.6 is 0 Å². The Kier molecular flexibility index (Phi) is 4.46. The van der Waals surface area contributed by atoms with Gasteiger partial charge in [0.1, 0.15) is 5.75 Å². The van der Waals surface area contributed by atoms with Crippen molar-refractivity contribution < 1.29 is 22.7 Å². The van der Waals surface area contributed by atoms with E-state index < -0.39 is 6.36 Å². The zero-order chi connectivity index (χ0) is 17.4. The molecule has 1 amide bonds. The van der Waals surface area contributed by atoms with E-state index in [1.807, 2.05) is 0 Å². The SMILES string of the molecule is CN(Cc1ccc(OC(F)(F)F)cc1)C(=O)C1CC12CCNCC2. The number of hydrogen-bond donors (Lipinski definition) is 1. The number of nitrogens with zero attached hydrogens (tertiary/aromatic N) is 1. The largest absolute Gasteiger partial charge is 0.573 e. The number of hydrogen-bond acceptors (Lipinski definition) is 3. The first-order valence-electron chi connectivity index (χ1n) is 8.09. The summed E-state index contributed by atoms with van der Waals surface area (Å²) in [6, 6.07) is 5.65. The van der Waals surface area contributed by atoms with Crippen LogP contribution in [0.2, 0.25) is 0 Å². The second-order valence-electron chi connectivity index (χ2n) is 6.76. The third-order valence-corrected chi connectivity index (χ3v) is 5.04. The Morgan fingerprint density at radius 1 is 1.29 bits per heavy atom. The number of halogens is 3. The molecule has 1 aliphatic carbocycles. The number of carbonyl (C=O) groups is 1. The number of carbonyl (C=O) groups excluding carboxylic acids is 1. The highest BCUT2D eigenvalue weighted by Gasteiger charge is 2.58. The van der Waals surface area contributed by atoms with Crippen LogP contribution in [0.3, 0.4) is 0 Å². The Hall–Kier alpha value is -1.76. The Balaban J connectivity index is 1.55. The molecule has 1 heterocycles. The first kappa shape index (κ1) is 17.1. The molecule has 2 fully saturated rings. The summed E-state index contributed by atoms with van der Waals surface area (Å²) in [5.74, 6) is -0.0268. The molecule has 1 saturated carbocycles. The van der Waals surface area contributed by atoms with Crippen molar-refractivity contribution in [2.75, 3.05) is 20.1 Å². The second-order valence-corrected chi connectivity index (χ2v) is 6.76. The zero-order valence-electron chi connectivity index (χ0n) is 13.5. The van der Waals surface area contributed by atoms with Crippen molar-refractivity contribution in [2.45, 2.75) is 32.2 Å². The summed E-state index contributed by atoms with van der Waals surface area (Å²) in [4.78, 5) is 14.2. The van der Waals surface area contributed by atoms with E-state index in [9.17, 15) is 18.0 Å². The molecule has 3 rings (SSSR count). The van der Waals surface area contributed by atoms with Gasteiger partial charge in [-0.2, -0.15) is 0 Å². The molecule has 1 aromatic carbocycles. The average molecular weight is 342 g/mol. The summed E-state index contributed by atoms with van der Waals surface area (Å²) in [5.41, 5.74) is 0.960. The maximum Gasteiger partial charge on any atom is 0.573 e. The van der Waals surface area contributed by atoms with Gasteiger partial charge in [0, 0.05) is 19.5 Å². The van der Waals surface area contributed by atoms with Crippen molar-refractivity contribution in [3.63, 3.8) is 0 Å². The smallest absolute Gasteiger partial charge is 0.406 e. The molecule has 1 N–H and O–H groups in total. The molecule has 132 valence electrons. The van der Waals surface area contributed by atoms with Crippen LogP contribution < -0.4 is 10.1 Å². The van der Waals surface area contributed by atoms with E-state index in [0.29, 0.717) is 6.54 Å². The number of benzene rings is 1. The van der Waals surface area contributed by atoms with Gasteiger partial charge in [0.05, 0.1) is 0 Å². The van der Waals surface area contributed by atoms with Crippen molar-refractivity contribution in [3.05, 3.63) is 29.8 Å². The van der Waals surface area contributed by atoms with Gasteiger partial charge in [-0.1, -0.05) is 12.1 Å². The van der Waals surface area contributed by atoms with E-state index in [0.717, 1.165) is 37.9 Å². The molecule has 1 atom stereocenters. The molecular weight excluding hydrogens is 321 g/mol. The lowest BCUT2D eigenvalue weighted by Gasteiger charge is -2.25. The highest BCUT2D eigenvalue weighted by atomic mass is 19.4. The molecule has 1 unspecified atom stereocenters. The molecule has 1 saturated heterocycles. The topological polar surface area (TPSA) is 41.6 Å². The van der Waals surface area contributed by atoms with Crippen LogP contribution in [0, 0.1) is 11.3 Å². The van der Waals surface area contributed by atoms with Gasteiger partial charge >= 0.3 is 6.36 Å². The fraction of sp³-hybridized carbons (Fsp3) is 0.588. The van der Waals surface area contributed by atoms with E-state index in [2.05, 4.69) is 10.1 Å². The maximum absolute atomic E-state index is 12.6. The zero-order valence-corrected chi connectivity index (χ0v) is 13.5. The number of rotatable bonds is 4. The molecule has 1 aliphatic heterocycles. The maximum atomic E-state index is 12.6. The Labute approximate surface area is 139 Å². The van der Waals surface area contributed by atoms with Gasteiger partial charge in [0.25, 0.3) is 0 Å². The predicted octanol–water partition coefficient (Wildman–Crippen LogP) is 2.93. The van der Waals surface area contributed by atoms with Gasteiger partial charge in [0.2, 0.25) is 5.91 Å². The van der Waals surface area contributed by atoms with Crippen LogP contribution in [0.25, 0.3) is 0 Å². The van der Waals surface area contributed by atoms with E-state index in [1.165, 1.54) is 12.1 Å². The number of amides is 1. The highest BCUT2D eigenvalue weighted by molar-refractivity contribution is 5.82. The lowest BCUT2D eigenvalue weighted by atomic mass is 9.91. The fourth-order valence-corrected chi connectivity index (χ4v) is 3.59. The van der Waals surface area contributed by atoms with Crippen LogP contribution in [0.1, 0.15) is 24.8 Å². The van der Waals surface area contributed by atoms with Gasteiger partial charge in [-0.25, -0.2) is 0 Å². The van der Waals surface area contributed by atoms with Crippen molar-refractivity contribution in [1.29, 1.82) is 0 Å². The molecule has 0 aromatic heterocycles. The van der Waals surface area contributed by atoms with Crippen LogP contribution in [-0.2, 0) is 11.3 Å². The third kappa shape index (κ3) is 3.83. The average Bonchev–Trinajstić information content (AvgIpc) is 3.20. The summed E-state index contributed by atoms with van der Waals surface area (Å²) in [6.45, 7) is 2.32. The minimum atomic E-state index is -4.69. The minimum absolute atomic E-state index is 0.0948. The van der Waals surface area contributed by atoms with Crippen molar-refractivity contribution in [2.24, 2.45) is 11.3 Å². The summed E-state index contributed by atoms with van der Waals surface area (Å²) in [5, 5.41) is 3.31. The molecule has 2 aliphatic rings. The lowest BCUT2D eigenvalue weighted by Crippen LogP contribution is -2.34. The molecular formula is C17H21F3N2O2. The quantitative estimate of drug-likeness (QED) is 0.915. The van der Waals surface area contributed by atoms with E-state index in [-0.39, 0.29) is 23.0 Å². The van der Waals surface area contributed by atoms with Crippen molar-refractivity contribution in [3.8, 4) is 5.75 Å². The second kappa shape index (κ2) is 6.27. The van der Waals surface area contributed by atoms with E-state index in [1.54, 1.807) is 24.1 Å². The van der Waals surface area contributed by atoms with Gasteiger partial charge in [-0.3, -0.25) is 4.79 Å². The van der Waals surface area contributed by atoms with Gasteiger partial charge in [-0.05, 0) is 55.5 Å². The summed E-state index contributed by atoms with van der Waals surface area (Å²) < 4.78 is 40.3. The predicted molar refractivity (Wildman–Crippen MR) is 82.2 cm³/mol. The lowest BCUT2D eigenvalue weighted by molar-refractivity contribution is -0.274. The molecule has 0 bridgehead atoms. The fourth-order valence-electron chi connectivity index (χ4n) is 3.59. The van der Waals surface area contributed by atoms with Crippen LogP contribution in [0.5, 0.6) is 5.75 Å². The van der Waals surface area contributed by atoms with Crippen molar-refractivity contribution >= 4 is 5.91 Å². The van der Waals surface area contributed by atoms with Crippen LogP contribution in [-0.4, -0.2) is 37.3 Å². The normalized spacial score (nSPS) is 22.2. The van der Waals surface area contributed by atoms with Crippen molar-refractivity contribution in [1.82, 2.24) is 10.2 Å². The Bertz CT molecular complexity index is 595. The first-order chi connectivity index (χ1) is 11.3. The van der Waals surface area contributed by atoms with Gasteiger partial charge in [0.15, 0.2) is 0 Å². The number of ether oxygens (including phenoxy) is 1. The molecule has 7 heteroatoms. The molecule has 1 aromatic rings. The number of piperidine rings is 1.